The van der Waals surface area contributed by atoms with E-state index in [1.165, 1.54) is 61.3 Å². The van der Waals surface area contributed by atoms with Crippen molar-refractivity contribution in [2.75, 3.05) is 19.5 Å². The van der Waals surface area contributed by atoms with E-state index in [1.54, 1.807) is 6.92 Å². The number of halogens is 1. The van der Waals surface area contributed by atoms with Crippen molar-refractivity contribution in [3.05, 3.63) is 59.7 Å². The van der Waals surface area contributed by atoms with Crippen LogP contribution >= 0.6 is 0 Å². The molecule has 3 rings (SSSR count). The minimum atomic E-state index is -3.94. The van der Waals surface area contributed by atoms with Crippen molar-refractivity contribution in [1.29, 1.82) is 0 Å². The van der Waals surface area contributed by atoms with E-state index in [1.807, 2.05) is 0 Å². The summed E-state index contributed by atoms with van der Waals surface area (Å²) in [6, 6.07) is 9.31. The van der Waals surface area contributed by atoms with E-state index in [9.17, 15) is 17.6 Å². The first kappa shape index (κ1) is 20.5. The topological polar surface area (TPSA) is 119 Å². The van der Waals surface area contributed by atoms with Crippen LogP contribution in [0.2, 0.25) is 0 Å². The maximum atomic E-state index is 14.2. The molecular weight excluding hydrogens is 403 g/mol. The fraction of sp³-hybridized carbons (Fsp3) is 0.176. The van der Waals surface area contributed by atoms with Gasteiger partial charge in [0.2, 0.25) is 0 Å². The molecule has 0 saturated carbocycles. The molecule has 29 heavy (non-hydrogen) atoms. The number of hydrogen-bond acceptors (Lipinski definition) is 7. The molecule has 1 N–H and O–H groups in total. The molecule has 2 aromatic carbocycles. The average Bonchev–Trinajstić information content (AvgIpc) is 3.14. The highest BCUT2D eigenvalue weighted by molar-refractivity contribution is 7.89. The number of amides is 1. The summed E-state index contributed by atoms with van der Waals surface area (Å²) in [7, 11) is -1.50. The second-order valence-electron chi connectivity index (χ2n) is 5.88. The Labute approximate surface area is 165 Å². The third-order valence-electron chi connectivity index (χ3n) is 4.06. The smallest absolute Gasteiger partial charge is 0.264 e. The molecule has 1 aromatic heterocycles. The van der Waals surface area contributed by atoms with Gasteiger partial charge in [-0.1, -0.05) is 10.5 Å². The van der Waals surface area contributed by atoms with Gasteiger partial charge in [0.1, 0.15) is 5.82 Å². The summed E-state index contributed by atoms with van der Waals surface area (Å²) in [6.07, 6.45) is 0. The van der Waals surface area contributed by atoms with Crippen molar-refractivity contribution in [2.24, 2.45) is 0 Å². The number of nitrogens with one attached hydrogen (secondary N) is 1. The number of carbonyl (C=O) groups is 1. The lowest BCUT2D eigenvalue weighted by Crippen LogP contribution is -2.26. The summed E-state index contributed by atoms with van der Waals surface area (Å²) in [5.74, 6) is -0.878. The number of hydroxylamine groups is 1. The number of benzene rings is 2. The Morgan fingerprint density at radius 2 is 2.00 bits per heavy atom. The van der Waals surface area contributed by atoms with Crippen LogP contribution in [-0.4, -0.2) is 53.2 Å². The molecule has 12 heteroatoms. The van der Waals surface area contributed by atoms with Gasteiger partial charge >= 0.3 is 0 Å². The van der Waals surface area contributed by atoms with Crippen molar-refractivity contribution in [3.63, 3.8) is 0 Å². The molecular formula is C17H17FN6O4S. The zero-order valence-electron chi connectivity index (χ0n) is 15.7. The van der Waals surface area contributed by atoms with Crippen LogP contribution in [-0.2, 0) is 14.9 Å². The quantitative estimate of drug-likeness (QED) is 0.601. The van der Waals surface area contributed by atoms with Gasteiger partial charge in [0.15, 0.2) is 5.82 Å². The molecule has 10 nitrogen and oxygen atoms in total. The second kappa shape index (κ2) is 8.03. The molecule has 0 spiro atoms. The molecule has 0 aliphatic heterocycles. The first-order valence-electron chi connectivity index (χ1n) is 8.23. The van der Waals surface area contributed by atoms with Crippen LogP contribution in [0, 0.1) is 12.7 Å². The van der Waals surface area contributed by atoms with Crippen LogP contribution in [0.15, 0.2) is 47.4 Å². The monoisotopic (exact) mass is 420 g/mol. The normalized spacial score (nSPS) is 11.6. The van der Waals surface area contributed by atoms with Crippen molar-refractivity contribution < 1.29 is 22.4 Å². The van der Waals surface area contributed by atoms with Crippen LogP contribution in [0.5, 0.6) is 0 Å². The average molecular weight is 420 g/mol. The molecule has 0 aliphatic carbocycles. The van der Waals surface area contributed by atoms with Gasteiger partial charge in [-0.25, -0.2) is 12.8 Å². The molecule has 0 bridgehead atoms. The van der Waals surface area contributed by atoms with E-state index < -0.39 is 21.7 Å². The number of tetrazole rings is 1. The van der Waals surface area contributed by atoms with Gasteiger partial charge < -0.3 is 5.32 Å². The summed E-state index contributed by atoms with van der Waals surface area (Å²) in [4.78, 5) is 17.2. The van der Waals surface area contributed by atoms with E-state index in [0.717, 1.165) is 0 Å². The van der Waals surface area contributed by atoms with Crippen molar-refractivity contribution in [3.8, 4) is 5.69 Å². The molecule has 3 aromatic rings. The van der Waals surface area contributed by atoms with Gasteiger partial charge in [-0.3, -0.25) is 9.63 Å². The minimum Gasteiger partial charge on any atom is -0.319 e. The number of carbonyl (C=O) groups excluding carboxylic acids is 1. The SMILES string of the molecule is CON(C)S(=O)(=O)c1cccc(C(=O)Nc2cc(-n3nnnc3C)ccc2F)c1. The van der Waals surface area contributed by atoms with Gasteiger partial charge in [0.25, 0.3) is 15.9 Å². The fourth-order valence-corrected chi connectivity index (χ4v) is 3.47. The molecule has 0 radical (unpaired) electrons. The van der Waals surface area contributed by atoms with E-state index in [-0.39, 0.29) is 16.1 Å². The lowest BCUT2D eigenvalue weighted by molar-refractivity contribution is -0.0258. The largest absolute Gasteiger partial charge is 0.319 e. The summed E-state index contributed by atoms with van der Waals surface area (Å²) in [5, 5.41) is 13.5. The van der Waals surface area contributed by atoms with Gasteiger partial charge in [-0.05, 0) is 53.7 Å². The van der Waals surface area contributed by atoms with E-state index in [2.05, 4.69) is 20.8 Å². The Morgan fingerprint density at radius 3 is 2.66 bits per heavy atom. The number of nitrogens with zero attached hydrogens (tertiary/aromatic N) is 5. The third kappa shape index (κ3) is 4.13. The summed E-state index contributed by atoms with van der Waals surface area (Å²) in [6.45, 7) is 1.67. The van der Waals surface area contributed by atoms with Crippen LogP contribution < -0.4 is 5.32 Å². The maximum Gasteiger partial charge on any atom is 0.264 e. The highest BCUT2D eigenvalue weighted by atomic mass is 32.2. The predicted octanol–water partition coefficient (Wildman–Crippen LogP) is 1.54. The highest BCUT2D eigenvalue weighted by Gasteiger charge is 2.22. The predicted molar refractivity (Wildman–Crippen MR) is 100 cm³/mol. The third-order valence-corrected chi connectivity index (χ3v) is 5.73. The van der Waals surface area contributed by atoms with E-state index >= 15 is 0 Å². The fourth-order valence-electron chi connectivity index (χ4n) is 2.45. The number of rotatable bonds is 6. The Bertz CT molecular complexity index is 1160. The first-order valence-corrected chi connectivity index (χ1v) is 9.67. The van der Waals surface area contributed by atoms with Crippen molar-refractivity contribution in [1.82, 2.24) is 24.7 Å². The van der Waals surface area contributed by atoms with Crippen LogP contribution in [0.3, 0.4) is 0 Å². The molecule has 1 heterocycles. The summed E-state index contributed by atoms with van der Waals surface area (Å²) in [5.41, 5.74) is 0.367. The summed E-state index contributed by atoms with van der Waals surface area (Å²) < 4.78 is 41.0. The first-order chi connectivity index (χ1) is 13.7. The number of aryl methyl sites for hydroxylation is 1. The molecule has 0 fully saturated rings. The Kier molecular flexibility index (Phi) is 5.68. The Balaban J connectivity index is 1.90. The molecule has 0 unspecified atom stereocenters. The van der Waals surface area contributed by atoms with E-state index in [0.29, 0.717) is 16.0 Å². The van der Waals surface area contributed by atoms with Gasteiger partial charge in [-0.15, -0.1) is 5.10 Å². The molecule has 0 aliphatic rings. The number of anilines is 1. The van der Waals surface area contributed by atoms with Crippen LogP contribution in [0.4, 0.5) is 10.1 Å². The lowest BCUT2D eigenvalue weighted by atomic mass is 10.2. The number of hydrogen-bond donors (Lipinski definition) is 1. The Hall–Kier alpha value is -3.22. The minimum absolute atomic E-state index is 0.0268. The second-order valence-corrected chi connectivity index (χ2v) is 7.82. The van der Waals surface area contributed by atoms with Gasteiger partial charge in [0.05, 0.1) is 23.4 Å². The van der Waals surface area contributed by atoms with E-state index in [4.69, 9.17) is 4.84 Å². The number of aromatic nitrogens is 4. The molecule has 1 amide bonds. The van der Waals surface area contributed by atoms with Crippen molar-refractivity contribution >= 4 is 21.6 Å². The standard InChI is InChI=1S/C17H17FN6O4S/c1-11-20-21-22-24(11)13-7-8-15(18)16(10-13)19-17(25)12-5-4-6-14(9-12)29(26,27)23(2)28-3/h4-10H,1-3H3,(H,19,25). The molecule has 152 valence electrons. The maximum absolute atomic E-state index is 14.2. The zero-order valence-corrected chi connectivity index (χ0v) is 16.5. The van der Waals surface area contributed by atoms with Crippen LogP contribution in [0.1, 0.15) is 16.2 Å². The lowest BCUT2D eigenvalue weighted by Gasteiger charge is -2.15. The number of sulfonamides is 1. The van der Waals surface area contributed by atoms with Gasteiger partial charge in [0, 0.05) is 12.6 Å². The van der Waals surface area contributed by atoms with Crippen LogP contribution in [0.25, 0.3) is 5.69 Å². The van der Waals surface area contributed by atoms with Crippen molar-refractivity contribution in [2.45, 2.75) is 11.8 Å². The zero-order chi connectivity index (χ0) is 21.2. The molecule has 0 saturated heterocycles. The Morgan fingerprint density at radius 1 is 1.24 bits per heavy atom. The highest BCUT2D eigenvalue weighted by Crippen LogP contribution is 2.21. The summed E-state index contributed by atoms with van der Waals surface area (Å²) >= 11 is 0. The van der Waals surface area contributed by atoms with Gasteiger partial charge in [-0.2, -0.15) is 4.68 Å². The molecule has 0 atom stereocenters.